The minimum atomic E-state index is -4.74. The summed E-state index contributed by atoms with van der Waals surface area (Å²) in [5, 5.41) is 11.0. The Morgan fingerprint density at radius 2 is 1.65 bits per heavy atom. The lowest BCUT2D eigenvalue weighted by Crippen LogP contribution is -2.31. The lowest BCUT2D eigenvalue weighted by atomic mass is 9.99. The van der Waals surface area contributed by atoms with E-state index in [1.807, 2.05) is 30.3 Å². The molecule has 0 saturated heterocycles. The second kappa shape index (κ2) is 11.8. The van der Waals surface area contributed by atoms with Crippen molar-refractivity contribution in [3.63, 3.8) is 0 Å². The van der Waals surface area contributed by atoms with Crippen LogP contribution in [0.4, 0.5) is 19.0 Å². The van der Waals surface area contributed by atoms with Gasteiger partial charge in [0.25, 0.3) is 0 Å². The van der Waals surface area contributed by atoms with E-state index >= 15 is 0 Å². The summed E-state index contributed by atoms with van der Waals surface area (Å²) in [5.74, 6) is 1.21. The molecule has 2 aliphatic heterocycles. The largest absolute Gasteiger partial charge is 0.573 e. The predicted octanol–water partition coefficient (Wildman–Crippen LogP) is 6.27. The van der Waals surface area contributed by atoms with Crippen molar-refractivity contribution >= 4 is 5.82 Å². The van der Waals surface area contributed by atoms with Gasteiger partial charge in [-0.1, -0.05) is 18.2 Å². The SMILES string of the molecule is O=[N+]([O-])c1cn2c(n1)O[C@H](COc1ccc3c(c1)CCN(Cc1ccc(Oc4ccc(OC(F)(F)F)cc4)cc1)C3)CC2. The normalized spacial score (nSPS) is 16.5. The third-order valence-corrected chi connectivity index (χ3v) is 7.21. The molecule has 3 aromatic carbocycles. The summed E-state index contributed by atoms with van der Waals surface area (Å²) in [6.07, 6.45) is -2.05. The molecule has 0 amide bonds. The lowest BCUT2D eigenvalue weighted by Gasteiger charge is -2.29. The molecule has 0 unspecified atom stereocenters. The Balaban J connectivity index is 0.981. The van der Waals surface area contributed by atoms with Crippen LogP contribution in [-0.4, -0.2) is 45.0 Å². The monoisotopic (exact) mass is 596 g/mol. The predicted molar refractivity (Wildman–Crippen MR) is 147 cm³/mol. The Kier molecular flexibility index (Phi) is 7.80. The van der Waals surface area contributed by atoms with Crippen molar-refractivity contribution in [1.29, 1.82) is 0 Å². The fraction of sp³-hybridized carbons (Fsp3) is 0.300. The number of alkyl halides is 3. The number of fused-ring (bicyclic) bond motifs is 2. The molecule has 10 nitrogen and oxygen atoms in total. The molecule has 6 rings (SSSR count). The smallest absolute Gasteiger partial charge is 0.490 e. The Morgan fingerprint density at radius 1 is 0.953 bits per heavy atom. The first-order valence-electron chi connectivity index (χ1n) is 13.6. The molecule has 0 N–H and O–H groups in total. The highest BCUT2D eigenvalue weighted by Gasteiger charge is 2.31. The number of aromatic nitrogens is 2. The van der Waals surface area contributed by atoms with E-state index in [2.05, 4.69) is 26.8 Å². The van der Waals surface area contributed by atoms with Gasteiger partial charge in [-0.3, -0.25) is 9.47 Å². The van der Waals surface area contributed by atoms with Gasteiger partial charge in [0, 0.05) is 37.6 Å². The average molecular weight is 597 g/mol. The van der Waals surface area contributed by atoms with Gasteiger partial charge in [0.15, 0.2) is 0 Å². The highest BCUT2D eigenvalue weighted by Crippen LogP contribution is 2.29. The van der Waals surface area contributed by atoms with Gasteiger partial charge < -0.3 is 29.1 Å². The Morgan fingerprint density at radius 3 is 2.37 bits per heavy atom. The molecule has 224 valence electrons. The fourth-order valence-electron chi connectivity index (χ4n) is 5.10. The van der Waals surface area contributed by atoms with Crippen LogP contribution in [-0.2, 0) is 26.1 Å². The van der Waals surface area contributed by atoms with E-state index in [-0.39, 0.29) is 23.7 Å². The van der Waals surface area contributed by atoms with Crippen molar-refractivity contribution in [2.75, 3.05) is 13.2 Å². The van der Waals surface area contributed by atoms with Crippen molar-refractivity contribution in [3.05, 3.63) is 99.7 Å². The van der Waals surface area contributed by atoms with E-state index in [1.54, 1.807) is 4.57 Å². The third kappa shape index (κ3) is 7.17. The Bertz CT molecular complexity index is 1590. The number of hydrogen-bond acceptors (Lipinski definition) is 8. The number of nitro groups is 1. The number of imidazole rings is 1. The molecule has 4 aromatic rings. The standard InChI is InChI=1S/C30H27F3N4O6/c31-30(32,33)43-25-9-7-24(8-10-25)41-23-4-1-20(2-5-23)16-35-13-11-21-15-26(6-3-22(21)17-35)40-19-27-12-14-36-18-28(37(38)39)34-29(36)42-27/h1-10,15,18,27H,11-14,16-17,19H2/t27-/m0/s1. The zero-order chi connectivity index (χ0) is 30.0. The Hall–Kier alpha value is -4.78. The van der Waals surface area contributed by atoms with Gasteiger partial charge in [0.2, 0.25) is 0 Å². The molecule has 13 heteroatoms. The maximum absolute atomic E-state index is 12.3. The summed E-state index contributed by atoms with van der Waals surface area (Å²) in [5.41, 5.74) is 3.59. The quantitative estimate of drug-likeness (QED) is 0.165. The maximum atomic E-state index is 12.3. The first-order valence-corrected chi connectivity index (χ1v) is 13.6. The zero-order valence-corrected chi connectivity index (χ0v) is 22.8. The molecule has 3 heterocycles. The van der Waals surface area contributed by atoms with Crippen molar-refractivity contribution in [2.24, 2.45) is 0 Å². The molecule has 0 radical (unpaired) electrons. The van der Waals surface area contributed by atoms with E-state index in [0.717, 1.165) is 37.4 Å². The third-order valence-electron chi connectivity index (χ3n) is 7.21. The summed E-state index contributed by atoms with van der Waals surface area (Å²) < 4.78 is 60.1. The summed E-state index contributed by atoms with van der Waals surface area (Å²) in [4.78, 5) is 16.7. The number of halogens is 3. The van der Waals surface area contributed by atoms with E-state index < -0.39 is 11.3 Å². The van der Waals surface area contributed by atoms with Crippen LogP contribution in [0.5, 0.6) is 29.0 Å². The number of ether oxygens (including phenoxy) is 4. The van der Waals surface area contributed by atoms with Gasteiger partial charge >= 0.3 is 18.2 Å². The number of benzene rings is 3. The Labute approximate surface area is 244 Å². The van der Waals surface area contributed by atoms with Crippen LogP contribution in [0.15, 0.2) is 72.9 Å². The summed E-state index contributed by atoms with van der Waals surface area (Å²) >= 11 is 0. The second-order valence-electron chi connectivity index (χ2n) is 10.3. The fourth-order valence-corrected chi connectivity index (χ4v) is 5.10. The minimum absolute atomic E-state index is 0.225. The first kappa shape index (κ1) is 28.3. The van der Waals surface area contributed by atoms with Crippen molar-refractivity contribution in [1.82, 2.24) is 14.5 Å². The van der Waals surface area contributed by atoms with Gasteiger partial charge in [-0.05, 0) is 76.6 Å². The van der Waals surface area contributed by atoms with Gasteiger partial charge in [-0.25, -0.2) is 0 Å². The van der Waals surface area contributed by atoms with Gasteiger partial charge in [-0.15, -0.1) is 13.2 Å². The van der Waals surface area contributed by atoms with Crippen LogP contribution in [0.25, 0.3) is 0 Å². The molecule has 1 atom stereocenters. The summed E-state index contributed by atoms with van der Waals surface area (Å²) in [6.45, 7) is 3.34. The van der Waals surface area contributed by atoms with Crippen molar-refractivity contribution in [3.8, 4) is 29.0 Å². The average Bonchev–Trinajstić information content (AvgIpc) is 3.41. The molecule has 1 aromatic heterocycles. The number of hydrogen-bond donors (Lipinski definition) is 0. The molecular formula is C30H27F3N4O6. The van der Waals surface area contributed by atoms with Crippen LogP contribution in [0, 0.1) is 10.1 Å². The molecule has 43 heavy (non-hydrogen) atoms. The molecule has 0 fully saturated rings. The van der Waals surface area contributed by atoms with E-state index in [1.165, 1.54) is 41.6 Å². The van der Waals surface area contributed by atoms with E-state index in [0.29, 0.717) is 31.1 Å². The molecule has 0 aliphatic carbocycles. The number of aryl methyl sites for hydroxylation is 1. The molecular weight excluding hydrogens is 569 g/mol. The zero-order valence-electron chi connectivity index (χ0n) is 22.8. The van der Waals surface area contributed by atoms with Crippen LogP contribution in [0.1, 0.15) is 23.1 Å². The summed E-state index contributed by atoms with van der Waals surface area (Å²) in [6, 6.07) is 19.2. The highest BCUT2D eigenvalue weighted by atomic mass is 19.4. The van der Waals surface area contributed by atoms with Gasteiger partial charge in [-0.2, -0.15) is 0 Å². The van der Waals surface area contributed by atoms with E-state index in [9.17, 15) is 23.3 Å². The molecule has 0 bridgehead atoms. The van der Waals surface area contributed by atoms with Crippen LogP contribution >= 0.6 is 0 Å². The molecule has 2 aliphatic rings. The molecule has 0 spiro atoms. The van der Waals surface area contributed by atoms with Crippen molar-refractivity contribution < 1.29 is 37.0 Å². The van der Waals surface area contributed by atoms with Crippen LogP contribution in [0.2, 0.25) is 0 Å². The lowest BCUT2D eigenvalue weighted by molar-refractivity contribution is -0.389. The van der Waals surface area contributed by atoms with Crippen LogP contribution < -0.4 is 18.9 Å². The number of nitrogens with zero attached hydrogens (tertiary/aromatic N) is 4. The minimum Gasteiger partial charge on any atom is -0.490 e. The van der Waals surface area contributed by atoms with Gasteiger partial charge in [0.1, 0.15) is 41.9 Å². The van der Waals surface area contributed by atoms with Gasteiger partial charge in [0.05, 0.1) is 0 Å². The summed E-state index contributed by atoms with van der Waals surface area (Å²) in [7, 11) is 0. The topological polar surface area (TPSA) is 101 Å². The van der Waals surface area contributed by atoms with Crippen LogP contribution in [0.3, 0.4) is 0 Å². The number of rotatable bonds is 9. The second-order valence-corrected chi connectivity index (χ2v) is 10.3. The molecule has 0 saturated carbocycles. The first-order chi connectivity index (χ1) is 20.7. The van der Waals surface area contributed by atoms with Crippen molar-refractivity contribution in [2.45, 2.75) is 44.9 Å². The maximum Gasteiger partial charge on any atom is 0.573 e. The van der Waals surface area contributed by atoms with E-state index in [4.69, 9.17) is 14.2 Å². The highest BCUT2D eigenvalue weighted by molar-refractivity contribution is 5.38.